The molecular weight excluding hydrogens is 414 g/mol. The van der Waals surface area contributed by atoms with E-state index < -0.39 is 6.10 Å². The standard InChI is InChI=1S/C27H29N3O3/c1-29(18-22-10-5-6-13-28-22)26(31)25-15-27(19-33-25)24-12-4-3-9-21(24)17-30(27)16-20-8-7-11-23(14-20)32-2/h3-14,25H,15-19H2,1-2H3/t25-,27+/m0/s1. The topological polar surface area (TPSA) is 54.9 Å². The van der Waals surface area contributed by atoms with E-state index in [-0.39, 0.29) is 11.4 Å². The third-order valence-corrected chi connectivity index (χ3v) is 6.82. The summed E-state index contributed by atoms with van der Waals surface area (Å²) in [6.07, 6.45) is 1.91. The van der Waals surface area contributed by atoms with Crippen LogP contribution in [0.2, 0.25) is 0 Å². The van der Waals surface area contributed by atoms with Gasteiger partial charge >= 0.3 is 0 Å². The first-order valence-corrected chi connectivity index (χ1v) is 11.3. The summed E-state index contributed by atoms with van der Waals surface area (Å²) in [4.78, 5) is 21.8. The van der Waals surface area contributed by atoms with Crippen LogP contribution in [-0.4, -0.2) is 47.6 Å². The highest BCUT2D eigenvalue weighted by Crippen LogP contribution is 2.47. The second kappa shape index (κ2) is 8.96. The third-order valence-electron chi connectivity index (χ3n) is 6.82. The molecule has 1 spiro atoms. The van der Waals surface area contributed by atoms with Crippen LogP contribution >= 0.6 is 0 Å². The molecule has 33 heavy (non-hydrogen) atoms. The van der Waals surface area contributed by atoms with Crippen molar-refractivity contribution in [2.75, 3.05) is 20.8 Å². The number of pyridine rings is 1. The minimum absolute atomic E-state index is 0.00300. The zero-order chi connectivity index (χ0) is 22.8. The number of hydrogen-bond donors (Lipinski definition) is 0. The van der Waals surface area contributed by atoms with E-state index in [1.807, 2.05) is 37.4 Å². The van der Waals surface area contributed by atoms with Gasteiger partial charge < -0.3 is 14.4 Å². The van der Waals surface area contributed by atoms with Crippen molar-refractivity contribution in [3.05, 3.63) is 95.3 Å². The first-order valence-electron chi connectivity index (χ1n) is 11.3. The van der Waals surface area contributed by atoms with Gasteiger partial charge in [-0.3, -0.25) is 14.7 Å². The molecule has 3 aromatic rings. The van der Waals surface area contributed by atoms with Gasteiger partial charge in [0.05, 0.1) is 31.5 Å². The Morgan fingerprint density at radius 2 is 2.03 bits per heavy atom. The van der Waals surface area contributed by atoms with Crippen molar-refractivity contribution in [1.82, 2.24) is 14.8 Å². The number of methoxy groups -OCH3 is 1. The Balaban J connectivity index is 1.38. The quantitative estimate of drug-likeness (QED) is 0.581. The molecule has 1 aromatic heterocycles. The molecule has 1 saturated heterocycles. The van der Waals surface area contributed by atoms with Crippen molar-refractivity contribution >= 4 is 5.91 Å². The largest absolute Gasteiger partial charge is 0.497 e. The minimum atomic E-state index is -0.474. The normalized spacial score (nSPS) is 21.8. The number of benzene rings is 2. The summed E-state index contributed by atoms with van der Waals surface area (Å²) in [6, 6.07) is 22.5. The Kier molecular flexibility index (Phi) is 5.87. The van der Waals surface area contributed by atoms with Crippen molar-refractivity contribution in [3.8, 4) is 5.75 Å². The lowest BCUT2D eigenvalue weighted by Crippen LogP contribution is -2.42. The third kappa shape index (κ3) is 4.12. The molecule has 2 atom stereocenters. The first-order chi connectivity index (χ1) is 16.1. The second-order valence-electron chi connectivity index (χ2n) is 8.92. The number of carbonyl (C=O) groups is 1. The summed E-state index contributed by atoms with van der Waals surface area (Å²) < 4.78 is 11.6. The lowest BCUT2D eigenvalue weighted by atomic mass is 9.86. The number of rotatable bonds is 6. The summed E-state index contributed by atoms with van der Waals surface area (Å²) in [6.45, 7) is 2.57. The molecule has 1 fully saturated rings. The Bertz CT molecular complexity index is 1140. The van der Waals surface area contributed by atoms with E-state index in [1.165, 1.54) is 16.7 Å². The molecule has 2 aromatic carbocycles. The van der Waals surface area contributed by atoms with E-state index in [1.54, 1.807) is 18.2 Å². The summed E-state index contributed by atoms with van der Waals surface area (Å²) >= 11 is 0. The van der Waals surface area contributed by atoms with Crippen LogP contribution < -0.4 is 4.74 Å². The Hall–Kier alpha value is -3.22. The van der Waals surface area contributed by atoms with Crippen LogP contribution in [0.5, 0.6) is 5.75 Å². The number of likely N-dealkylation sites (N-methyl/N-ethyl adjacent to an activating group) is 1. The van der Waals surface area contributed by atoms with Gasteiger partial charge in [0, 0.05) is 32.8 Å². The van der Waals surface area contributed by atoms with E-state index in [9.17, 15) is 4.79 Å². The number of amides is 1. The monoisotopic (exact) mass is 443 g/mol. The molecule has 0 N–H and O–H groups in total. The van der Waals surface area contributed by atoms with Crippen molar-refractivity contribution in [1.29, 1.82) is 0 Å². The van der Waals surface area contributed by atoms with Gasteiger partial charge in [0.1, 0.15) is 11.9 Å². The van der Waals surface area contributed by atoms with Crippen LogP contribution in [-0.2, 0) is 34.7 Å². The van der Waals surface area contributed by atoms with Gasteiger partial charge in [0.25, 0.3) is 5.91 Å². The fourth-order valence-electron chi connectivity index (χ4n) is 5.13. The molecule has 3 heterocycles. The van der Waals surface area contributed by atoms with E-state index in [0.29, 0.717) is 19.6 Å². The van der Waals surface area contributed by atoms with Gasteiger partial charge in [0.15, 0.2) is 0 Å². The van der Waals surface area contributed by atoms with Gasteiger partial charge in [-0.15, -0.1) is 0 Å². The molecule has 2 aliphatic rings. The highest BCUT2D eigenvalue weighted by molar-refractivity contribution is 5.81. The van der Waals surface area contributed by atoms with Crippen molar-refractivity contribution in [2.45, 2.75) is 37.7 Å². The smallest absolute Gasteiger partial charge is 0.251 e. The molecule has 0 unspecified atom stereocenters. The Labute approximate surface area is 194 Å². The molecule has 1 amide bonds. The molecule has 0 radical (unpaired) electrons. The molecule has 170 valence electrons. The van der Waals surface area contributed by atoms with Crippen LogP contribution in [0, 0.1) is 0 Å². The SMILES string of the molecule is COc1cccc(CN2Cc3ccccc3[C@@]23CO[C@H](C(=O)N(C)Cc2ccccn2)C3)c1. The van der Waals surface area contributed by atoms with E-state index >= 15 is 0 Å². The number of hydrogen-bond acceptors (Lipinski definition) is 5. The molecular formula is C27H29N3O3. The van der Waals surface area contributed by atoms with E-state index in [4.69, 9.17) is 9.47 Å². The van der Waals surface area contributed by atoms with Crippen molar-refractivity contribution < 1.29 is 14.3 Å². The Morgan fingerprint density at radius 3 is 2.85 bits per heavy atom. The lowest BCUT2D eigenvalue weighted by Gasteiger charge is -2.35. The van der Waals surface area contributed by atoms with Gasteiger partial charge in [0.2, 0.25) is 0 Å². The van der Waals surface area contributed by atoms with Crippen LogP contribution in [0.15, 0.2) is 72.9 Å². The van der Waals surface area contributed by atoms with Crippen LogP contribution in [0.4, 0.5) is 0 Å². The van der Waals surface area contributed by atoms with Crippen molar-refractivity contribution in [2.24, 2.45) is 0 Å². The zero-order valence-corrected chi connectivity index (χ0v) is 19.1. The average molecular weight is 444 g/mol. The molecule has 6 heteroatoms. The predicted octanol–water partition coefficient (Wildman–Crippen LogP) is 3.75. The first kappa shape index (κ1) is 21.6. The zero-order valence-electron chi connectivity index (χ0n) is 19.1. The summed E-state index contributed by atoms with van der Waals surface area (Å²) in [5.41, 5.74) is 4.32. The molecule has 0 bridgehead atoms. The fourth-order valence-corrected chi connectivity index (χ4v) is 5.13. The fraction of sp³-hybridized carbons (Fsp3) is 0.333. The molecule has 6 nitrogen and oxygen atoms in total. The number of carbonyl (C=O) groups excluding carboxylic acids is 1. The maximum absolute atomic E-state index is 13.3. The number of nitrogens with zero attached hydrogens (tertiary/aromatic N) is 3. The van der Waals surface area contributed by atoms with Gasteiger partial charge in [-0.2, -0.15) is 0 Å². The molecule has 2 aliphatic heterocycles. The van der Waals surface area contributed by atoms with Gasteiger partial charge in [-0.25, -0.2) is 0 Å². The maximum Gasteiger partial charge on any atom is 0.251 e. The van der Waals surface area contributed by atoms with Crippen LogP contribution in [0.1, 0.15) is 28.8 Å². The maximum atomic E-state index is 13.3. The number of ether oxygens (including phenoxy) is 2. The highest BCUT2D eigenvalue weighted by Gasteiger charge is 2.52. The van der Waals surface area contributed by atoms with Gasteiger partial charge in [-0.1, -0.05) is 42.5 Å². The summed E-state index contributed by atoms with van der Waals surface area (Å²) in [5, 5.41) is 0. The van der Waals surface area contributed by atoms with Crippen molar-refractivity contribution in [3.63, 3.8) is 0 Å². The minimum Gasteiger partial charge on any atom is -0.497 e. The average Bonchev–Trinajstić information content (AvgIpc) is 3.42. The molecule has 0 saturated carbocycles. The van der Waals surface area contributed by atoms with Gasteiger partial charge in [-0.05, 0) is 41.0 Å². The highest BCUT2D eigenvalue weighted by atomic mass is 16.5. The van der Waals surface area contributed by atoms with Crippen LogP contribution in [0.3, 0.4) is 0 Å². The van der Waals surface area contributed by atoms with E-state index in [2.05, 4.69) is 46.3 Å². The molecule has 0 aliphatic carbocycles. The summed E-state index contributed by atoms with van der Waals surface area (Å²) in [7, 11) is 3.51. The second-order valence-corrected chi connectivity index (χ2v) is 8.92. The lowest BCUT2D eigenvalue weighted by molar-refractivity contribution is -0.140. The van der Waals surface area contributed by atoms with E-state index in [0.717, 1.165) is 24.5 Å². The summed E-state index contributed by atoms with van der Waals surface area (Å²) in [5.74, 6) is 0.855. The number of aromatic nitrogens is 1. The number of fused-ring (bicyclic) bond motifs is 2. The predicted molar refractivity (Wildman–Crippen MR) is 125 cm³/mol. The van der Waals surface area contributed by atoms with Crippen LogP contribution in [0.25, 0.3) is 0 Å². The molecule has 5 rings (SSSR count). The Morgan fingerprint density at radius 1 is 1.18 bits per heavy atom.